The van der Waals surface area contributed by atoms with Crippen molar-refractivity contribution in [2.45, 2.75) is 6.92 Å². The number of hydrogen-bond acceptors (Lipinski definition) is 2. The summed E-state index contributed by atoms with van der Waals surface area (Å²) in [4.78, 5) is 12.1. The number of aldehydes is 1. The molecule has 1 nitrogen and oxygen atoms in total. The minimum atomic E-state index is 0.652. The first-order valence-corrected chi connectivity index (χ1v) is 5.76. The van der Waals surface area contributed by atoms with Crippen LogP contribution < -0.4 is 0 Å². The zero-order chi connectivity index (χ0) is 10.8. The molecule has 0 aliphatic carbocycles. The lowest BCUT2D eigenvalue weighted by Crippen LogP contribution is -1.85. The van der Waals surface area contributed by atoms with Crippen molar-refractivity contribution in [3.05, 3.63) is 45.1 Å². The number of carbonyl (C=O) groups is 1. The molecule has 2 aromatic rings. The SMILES string of the molecule is Cc1cc(-c2cc(Cl)ccc2C=O)cs1. The Hall–Kier alpha value is -1.12. The monoisotopic (exact) mass is 236 g/mol. The maximum atomic E-state index is 10.9. The Morgan fingerprint density at radius 2 is 2.13 bits per heavy atom. The standard InChI is InChI=1S/C12H9ClOS/c1-8-4-10(7-15-8)12-5-11(13)3-2-9(12)6-14/h2-7H,1H3. The second kappa shape index (κ2) is 4.17. The molecular weight excluding hydrogens is 228 g/mol. The molecule has 0 fully saturated rings. The number of halogens is 1. The largest absolute Gasteiger partial charge is 0.298 e. The van der Waals surface area contributed by atoms with Crippen LogP contribution in [0.5, 0.6) is 0 Å². The Morgan fingerprint density at radius 1 is 1.33 bits per heavy atom. The minimum Gasteiger partial charge on any atom is -0.298 e. The predicted octanol–water partition coefficient (Wildman–Crippen LogP) is 4.19. The van der Waals surface area contributed by atoms with Crippen molar-refractivity contribution >= 4 is 29.2 Å². The Labute approximate surface area is 97.3 Å². The normalized spacial score (nSPS) is 10.3. The quantitative estimate of drug-likeness (QED) is 0.715. The Morgan fingerprint density at radius 3 is 2.73 bits per heavy atom. The van der Waals surface area contributed by atoms with Crippen molar-refractivity contribution in [2.75, 3.05) is 0 Å². The number of thiophene rings is 1. The van der Waals surface area contributed by atoms with E-state index in [0.29, 0.717) is 10.6 Å². The van der Waals surface area contributed by atoms with E-state index in [4.69, 9.17) is 11.6 Å². The van der Waals surface area contributed by atoms with E-state index in [9.17, 15) is 4.79 Å². The average molecular weight is 237 g/mol. The maximum Gasteiger partial charge on any atom is 0.150 e. The third kappa shape index (κ3) is 2.11. The molecule has 0 spiro atoms. The molecule has 3 heteroatoms. The summed E-state index contributed by atoms with van der Waals surface area (Å²) in [6.45, 7) is 2.04. The minimum absolute atomic E-state index is 0.652. The predicted molar refractivity (Wildman–Crippen MR) is 64.9 cm³/mol. The molecule has 76 valence electrons. The van der Waals surface area contributed by atoms with Crippen molar-refractivity contribution in [1.82, 2.24) is 0 Å². The molecule has 1 aromatic carbocycles. The summed E-state index contributed by atoms with van der Waals surface area (Å²) in [7, 11) is 0. The summed E-state index contributed by atoms with van der Waals surface area (Å²) in [6, 6.07) is 7.36. The third-order valence-corrected chi connectivity index (χ3v) is 3.28. The molecule has 15 heavy (non-hydrogen) atoms. The van der Waals surface area contributed by atoms with Crippen molar-refractivity contribution in [3.63, 3.8) is 0 Å². The number of benzene rings is 1. The smallest absolute Gasteiger partial charge is 0.150 e. The zero-order valence-electron chi connectivity index (χ0n) is 8.16. The Bertz CT molecular complexity index is 502. The van der Waals surface area contributed by atoms with Gasteiger partial charge in [-0.3, -0.25) is 4.79 Å². The summed E-state index contributed by atoms with van der Waals surface area (Å²) in [6.07, 6.45) is 0.860. The van der Waals surface area contributed by atoms with Gasteiger partial charge < -0.3 is 0 Å². The molecule has 0 atom stereocenters. The first-order chi connectivity index (χ1) is 7.20. The Kier molecular flexibility index (Phi) is 2.89. The van der Waals surface area contributed by atoms with Crippen LogP contribution >= 0.6 is 22.9 Å². The summed E-state index contributed by atoms with van der Waals surface area (Å²) in [5, 5.41) is 2.69. The van der Waals surface area contributed by atoms with Crippen LogP contribution in [0.15, 0.2) is 29.6 Å². The lowest BCUT2D eigenvalue weighted by Gasteiger charge is -2.02. The molecule has 0 amide bonds. The number of rotatable bonds is 2. The summed E-state index contributed by atoms with van der Waals surface area (Å²) in [5.74, 6) is 0. The second-order valence-electron chi connectivity index (χ2n) is 3.30. The third-order valence-electron chi connectivity index (χ3n) is 2.18. The van der Waals surface area contributed by atoms with E-state index in [-0.39, 0.29) is 0 Å². The highest BCUT2D eigenvalue weighted by atomic mass is 35.5. The van der Waals surface area contributed by atoms with Gasteiger partial charge in [0, 0.05) is 15.5 Å². The van der Waals surface area contributed by atoms with Gasteiger partial charge in [0.05, 0.1) is 0 Å². The molecule has 0 aliphatic rings. The van der Waals surface area contributed by atoms with E-state index in [1.54, 1.807) is 23.5 Å². The van der Waals surface area contributed by atoms with Gasteiger partial charge in [-0.15, -0.1) is 11.3 Å². The van der Waals surface area contributed by atoms with Gasteiger partial charge >= 0.3 is 0 Å². The highest BCUT2D eigenvalue weighted by Gasteiger charge is 2.06. The van der Waals surface area contributed by atoms with E-state index >= 15 is 0 Å². The van der Waals surface area contributed by atoms with Gasteiger partial charge in [-0.05, 0) is 47.7 Å². The summed E-state index contributed by atoms with van der Waals surface area (Å²) in [5.41, 5.74) is 2.64. The summed E-state index contributed by atoms with van der Waals surface area (Å²) >= 11 is 7.58. The van der Waals surface area contributed by atoms with E-state index in [0.717, 1.165) is 17.4 Å². The van der Waals surface area contributed by atoms with Crippen molar-refractivity contribution < 1.29 is 4.79 Å². The highest BCUT2D eigenvalue weighted by Crippen LogP contribution is 2.29. The fraction of sp³-hybridized carbons (Fsp3) is 0.0833. The molecule has 0 saturated heterocycles. The van der Waals surface area contributed by atoms with Gasteiger partial charge in [0.1, 0.15) is 0 Å². The van der Waals surface area contributed by atoms with Crippen LogP contribution in [0.4, 0.5) is 0 Å². The maximum absolute atomic E-state index is 10.9. The number of aryl methyl sites for hydroxylation is 1. The Balaban J connectivity index is 2.59. The van der Waals surface area contributed by atoms with E-state index in [2.05, 4.69) is 6.07 Å². The van der Waals surface area contributed by atoms with Crippen molar-refractivity contribution in [2.24, 2.45) is 0 Å². The van der Waals surface area contributed by atoms with Gasteiger partial charge in [0.2, 0.25) is 0 Å². The van der Waals surface area contributed by atoms with Crippen molar-refractivity contribution in [1.29, 1.82) is 0 Å². The summed E-state index contributed by atoms with van der Waals surface area (Å²) < 4.78 is 0. The number of carbonyl (C=O) groups excluding carboxylic acids is 1. The van der Waals surface area contributed by atoms with Crippen LogP contribution in [0, 0.1) is 6.92 Å². The molecule has 0 unspecified atom stereocenters. The highest BCUT2D eigenvalue weighted by molar-refractivity contribution is 7.10. The van der Waals surface area contributed by atoms with Crippen LogP contribution in [-0.2, 0) is 0 Å². The first kappa shape index (κ1) is 10.4. The van der Waals surface area contributed by atoms with E-state index in [1.165, 1.54) is 4.88 Å². The topological polar surface area (TPSA) is 17.1 Å². The van der Waals surface area contributed by atoms with E-state index in [1.807, 2.05) is 18.4 Å². The molecule has 0 aliphatic heterocycles. The fourth-order valence-corrected chi connectivity index (χ4v) is 2.34. The average Bonchev–Trinajstić information content (AvgIpc) is 2.65. The zero-order valence-corrected chi connectivity index (χ0v) is 9.73. The molecule has 0 saturated carbocycles. The van der Waals surface area contributed by atoms with E-state index < -0.39 is 0 Å². The van der Waals surface area contributed by atoms with Crippen LogP contribution in [0.25, 0.3) is 11.1 Å². The molecule has 0 radical (unpaired) electrons. The van der Waals surface area contributed by atoms with Gasteiger partial charge in [-0.2, -0.15) is 0 Å². The van der Waals surface area contributed by atoms with Crippen molar-refractivity contribution in [3.8, 4) is 11.1 Å². The van der Waals surface area contributed by atoms with Crippen LogP contribution in [0.2, 0.25) is 5.02 Å². The lowest BCUT2D eigenvalue weighted by atomic mass is 10.0. The van der Waals surface area contributed by atoms with Gasteiger partial charge in [-0.25, -0.2) is 0 Å². The molecule has 0 N–H and O–H groups in total. The first-order valence-electron chi connectivity index (χ1n) is 4.51. The molecule has 2 rings (SSSR count). The van der Waals surface area contributed by atoms with Crippen LogP contribution in [0.3, 0.4) is 0 Å². The second-order valence-corrected chi connectivity index (χ2v) is 4.85. The van der Waals surface area contributed by atoms with Gasteiger partial charge in [0.15, 0.2) is 6.29 Å². The molecule has 0 bridgehead atoms. The molecular formula is C12H9ClOS. The van der Waals surface area contributed by atoms with Gasteiger partial charge in [0.25, 0.3) is 0 Å². The number of hydrogen-bond donors (Lipinski definition) is 0. The molecule has 1 aromatic heterocycles. The van der Waals surface area contributed by atoms with Crippen LogP contribution in [0.1, 0.15) is 15.2 Å². The fourth-order valence-electron chi connectivity index (χ4n) is 1.47. The molecule has 1 heterocycles. The lowest BCUT2D eigenvalue weighted by molar-refractivity contribution is 0.112. The van der Waals surface area contributed by atoms with Crippen LogP contribution in [-0.4, -0.2) is 6.29 Å². The van der Waals surface area contributed by atoms with Gasteiger partial charge in [-0.1, -0.05) is 11.6 Å².